The number of halogens is 3. The van der Waals surface area contributed by atoms with Crippen molar-refractivity contribution in [2.24, 2.45) is 0 Å². The van der Waals surface area contributed by atoms with Gasteiger partial charge in [-0.3, -0.25) is 4.79 Å². The topological polar surface area (TPSA) is 26.3 Å². The summed E-state index contributed by atoms with van der Waals surface area (Å²) >= 11 is 0. The number of unbranched alkanes of at least 4 members (excludes halogenated alkanes) is 1. The Morgan fingerprint density at radius 2 is 1.75 bits per heavy atom. The Morgan fingerprint density at radius 1 is 1.10 bits per heavy atom. The van der Waals surface area contributed by atoms with Crippen molar-refractivity contribution < 1.29 is 22.7 Å². The van der Waals surface area contributed by atoms with E-state index in [2.05, 4.69) is 0 Å². The fourth-order valence-electron chi connectivity index (χ4n) is 1.73. The van der Waals surface area contributed by atoms with Crippen LogP contribution in [-0.2, 0) is 10.9 Å². The van der Waals surface area contributed by atoms with E-state index in [1.54, 1.807) is 0 Å². The fraction of sp³-hybridized carbons (Fsp3) is 0.533. The molecule has 0 amide bonds. The Balaban J connectivity index is 2.37. The molecule has 0 radical (unpaired) electrons. The third-order valence-corrected chi connectivity index (χ3v) is 2.83. The van der Waals surface area contributed by atoms with Crippen molar-refractivity contribution in [2.45, 2.75) is 38.8 Å². The van der Waals surface area contributed by atoms with Crippen molar-refractivity contribution in [2.75, 3.05) is 13.2 Å². The highest BCUT2D eigenvalue weighted by atomic mass is 19.4. The lowest BCUT2D eigenvalue weighted by Crippen LogP contribution is -2.06. The summed E-state index contributed by atoms with van der Waals surface area (Å²) in [5.74, 6) is -0.130. The first-order chi connectivity index (χ1) is 9.45. The zero-order valence-electron chi connectivity index (χ0n) is 11.5. The van der Waals surface area contributed by atoms with Crippen molar-refractivity contribution in [3.8, 4) is 0 Å². The summed E-state index contributed by atoms with van der Waals surface area (Å²) in [6, 6.07) is 4.35. The number of ether oxygens (including phenoxy) is 1. The molecule has 0 saturated heterocycles. The highest BCUT2D eigenvalue weighted by Gasteiger charge is 2.30. The number of ketones is 1. The van der Waals surface area contributed by atoms with Gasteiger partial charge in [-0.2, -0.15) is 13.2 Å². The molecule has 1 rings (SSSR count). The summed E-state index contributed by atoms with van der Waals surface area (Å²) < 4.78 is 42.4. The van der Waals surface area contributed by atoms with Gasteiger partial charge in [-0.05, 0) is 31.4 Å². The Morgan fingerprint density at radius 3 is 2.30 bits per heavy atom. The van der Waals surface area contributed by atoms with Crippen LogP contribution in [0.2, 0.25) is 0 Å². The zero-order chi connectivity index (χ0) is 15.0. The molecule has 0 N–H and O–H groups in total. The van der Waals surface area contributed by atoms with E-state index < -0.39 is 11.7 Å². The summed E-state index contributed by atoms with van der Waals surface area (Å²) in [5.41, 5.74) is -0.408. The molecule has 0 atom stereocenters. The number of carbonyl (C=O) groups excluding carboxylic acids is 1. The van der Waals surface area contributed by atoms with Crippen molar-refractivity contribution >= 4 is 5.78 Å². The monoisotopic (exact) mass is 288 g/mol. The molecule has 112 valence electrons. The van der Waals surface area contributed by atoms with Crippen LogP contribution in [0.25, 0.3) is 0 Å². The maximum atomic E-state index is 12.4. The first-order valence-electron chi connectivity index (χ1n) is 6.73. The average Bonchev–Trinajstić information content (AvgIpc) is 2.41. The van der Waals surface area contributed by atoms with Crippen LogP contribution in [0.4, 0.5) is 13.2 Å². The van der Waals surface area contributed by atoms with Gasteiger partial charge in [0, 0.05) is 25.2 Å². The van der Waals surface area contributed by atoms with Crippen molar-refractivity contribution in [3.05, 3.63) is 35.4 Å². The van der Waals surface area contributed by atoms with Crippen LogP contribution in [0.1, 0.15) is 48.5 Å². The highest BCUT2D eigenvalue weighted by Crippen LogP contribution is 2.29. The Hall–Kier alpha value is -1.36. The number of hydrogen-bond acceptors (Lipinski definition) is 2. The molecular weight excluding hydrogens is 269 g/mol. The smallest absolute Gasteiger partial charge is 0.381 e. The fourth-order valence-corrected chi connectivity index (χ4v) is 1.73. The third-order valence-electron chi connectivity index (χ3n) is 2.83. The van der Waals surface area contributed by atoms with Crippen LogP contribution >= 0.6 is 0 Å². The third kappa shape index (κ3) is 5.74. The number of Topliss-reactive ketones (excluding diaryl/α,β-unsaturated/α-hetero) is 1. The van der Waals surface area contributed by atoms with Crippen molar-refractivity contribution in [1.29, 1.82) is 0 Å². The summed E-state index contributed by atoms with van der Waals surface area (Å²) in [6.07, 6.45) is -1.60. The van der Waals surface area contributed by atoms with Gasteiger partial charge >= 0.3 is 6.18 Å². The van der Waals surface area contributed by atoms with Gasteiger partial charge in [0.1, 0.15) is 0 Å². The molecule has 2 nitrogen and oxygen atoms in total. The maximum Gasteiger partial charge on any atom is 0.416 e. The molecule has 0 aliphatic heterocycles. The van der Waals surface area contributed by atoms with E-state index in [9.17, 15) is 18.0 Å². The van der Waals surface area contributed by atoms with E-state index in [1.165, 1.54) is 12.1 Å². The number of alkyl halides is 3. The molecule has 0 spiro atoms. The summed E-state index contributed by atoms with van der Waals surface area (Å²) in [5, 5.41) is 0. The van der Waals surface area contributed by atoms with Gasteiger partial charge in [0.2, 0.25) is 0 Å². The summed E-state index contributed by atoms with van der Waals surface area (Å²) in [6.45, 7) is 3.36. The van der Waals surface area contributed by atoms with Gasteiger partial charge < -0.3 is 4.74 Å². The van der Waals surface area contributed by atoms with E-state index in [4.69, 9.17) is 4.74 Å². The number of rotatable bonds is 8. The largest absolute Gasteiger partial charge is 0.416 e. The first kappa shape index (κ1) is 16.7. The van der Waals surface area contributed by atoms with E-state index in [1.807, 2.05) is 6.92 Å². The van der Waals surface area contributed by atoms with Crippen LogP contribution in [0.3, 0.4) is 0 Å². The summed E-state index contributed by atoms with van der Waals surface area (Å²) in [7, 11) is 0. The normalized spacial score (nSPS) is 11.6. The molecule has 0 saturated carbocycles. The second-order valence-electron chi connectivity index (χ2n) is 4.57. The molecule has 1 aromatic carbocycles. The molecule has 1 aromatic rings. The molecule has 0 aromatic heterocycles. The maximum absolute atomic E-state index is 12.4. The van der Waals surface area contributed by atoms with Gasteiger partial charge in [-0.25, -0.2) is 0 Å². The average molecular weight is 288 g/mol. The van der Waals surface area contributed by atoms with Gasteiger partial charge in [-0.15, -0.1) is 0 Å². The highest BCUT2D eigenvalue weighted by molar-refractivity contribution is 5.96. The van der Waals surface area contributed by atoms with E-state index in [0.717, 1.165) is 25.0 Å². The van der Waals surface area contributed by atoms with Crippen LogP contribution in [0.15, 0.2) is 24.3 Å². The lowest BCUT2D eigenvalue weighted by atomic mass is 10.0. The van der Waals surface area contributed by atoms with Gasteiger partial charge in [-0.1, -0.05) is 19.1 Å². The second-order valence-corrected chi connectivity index (χ2v) is 4.57. The lowest BCUT2D eigenvalue weighted by Gasteiger charge is -2.07. The molecule has 0 unspecified atom stereocenters. The van der Waals surface area contributed by atoms with Crippen LogP contribution < -0.4 is 0 Å². The van der Waals surface area contributed by atoms with E-state index in [0.29, 0.717) is 31.6 Å². The van der Waals surface area contributed by atoms with E-state index >= 15 is 0 Å². The minimum atomic E-state index is -4.36. The standard InChI is InChI=1S/C15H19F3O2/c1-2-10-20-11-4-3-5-14(19)12-6-8-13(9-7-12)15(16,17)18/h6-9H,2-5,10-11H2,1H3. The van der Waals surface area contributed by atoms with E-state index in [-0.39, 0.29) is 5.78 Å². The molecular formula is C15H19F3O2. The predicted molar refractivity (Wildman–Crippen MR) is 70.7 cm³/mol. The van der Waals surface area contributed by atoms with Crippen LogP contribution in [0, 0.1) is 0 Å². The Bertz CT molecular complexity index is 410. The van der Waals surface area contributed by atoms with Crippen molar-refractivity contribution in [3.63, 3.8) is 0 Å². The predicted octanol–water partition coefficient (Wildman–Crippen LogP) is 4.49. The second kappa shape index (κ2) is 8.04. The Labute approximate surface area is 116 Å². The van der Waals surface area contributed by atoms with Crippen LogP contribution in [0.5, 0.6) is 0 Å². The number of benzene rings is 1. The molecule has 0 fully saturated rings. The quantitative estimate of drug-likeness (QED) is 0.520. The van der Waals surface area contributed by atoms with Gasteiger partial charge in [0.15, 0.2) is 5.78 Å². The first-order valence-corrected chi connectivity index (χ1v) is 6.73. The van der Waals surface area contributed by atoms with Crippen molar-refractivity contribution in [1.82, 2.24) is 0 Å². The van der Waals surface area contributed by atoms with Crippen LogP contribution in [-0.4, -0.2) is 19.0 Å². The van der Waals surface area contributed by atoms with Gasteiger partial charge in [0.05, 0.1) is 5.56 Å². The minimum Gasteiger partial charge on any atom is -0.381 e. The molecule has 20 heavy (non-hydrogen) atoms. The minimum absolute atomic E-state index is 0.130. The number of carbonyl (C=O) groups is 1. The molecule has 0 bridgehead atoms. The molecule has 0 heterocycles. The molecule has 0 aliphatic rings. The Kier molecular flexibility index (Phi) is 6.71. The summed E-state index contributed by atoms with van der Waals surface area (Å²) in [4.78, 5) is 11.8. The zero-order valence-corrected chi connectivity index (χ0v) is 11.5. The SMILES string of the molecule is CCCOCCCCC(=O)c1ccc(C(F)(F)F)cc1. The molecule has 5 heteroatoms. The van der Waals surface area contributed by atoms with Gasteiger partial charge in [0.25, 0.3) is 0 Å². The number of hydrogen-bond donors (Lipinski definition) is 0. The molecule has 0 aliphatic carbocycles. The lowest BCUT2D eigenvalue weighted by molar-refractivity contribution is -0.137.